The Morgan fingerprint density at radius 3 is 2.21 bits per heavy atom. The molecule has 0 aliphatic heterocycles. The Labute approximate surface area is 87.4 Å². The Balaban J connectivity index is 0.000000791. The predicted molar refractivity (Wildman–Crippen MR) is 62.9 cm³/mol. The minimum Gasteiger partial charge on any atom is -0.490 e. The smallest absolute Gasteiger partial charge is 0.119 e. The van der Waals surface area contributed by atoms with Gasteiger partial charge >= 0.3 is 0 Å². The monoisotopic (exact) mass is 192 g/mol. The molecule has 0 aliphatic rings. The van der Waals surface area contributed by atoms with Gasteiger partial charge in [0.25, 0.3) is 0 Å². The van der Waals surface area contributed by atoms with E-state index in [1.807, 2.05) is 26.0 Å². The van der Waals surface area contributed by atoms with Crippen LogP contribution in [0.2, 0.25) is 0 Å². The number of ether oxygens (including phenoxy) is 1. The van der Waals surface area contributed by atoms with Gasteiger partial charge in [0.2, 0.25) is 0 Å². The molecule has 0 spiro atoms. The highest BCUT2D eigenvalue weighted by Crippen LogP contribution is 2.12. The summed E-state index contributed by atoms with van der Waals surface area (Å²) in [7, 11) is 0. The molecule has 0 saturated heterocycles. The van der Waals surface area contributed by atoms with E-state index >= 15 is 0 Å². The molecular weight excluding hydrogens is 172 g/mol. The predicted octanol–water partition coefficient (Wildman–Crippen LogP) is 3.84. The molecule has 0 atom stereocenters. The highest BCUT2D eigenvalue weighted by atomic mass is 16.5. The molecule has 0 aromatic heterocycles. The van der Waals surface area contributed by atoms with E-state index in [4.69, 9.17) is 4.74 Å². The molecule has 1 aromatic carbocycles. The van der Waals surface area contributed by atoms with E-state index in [1.54, 1.807) is 6.08 Å². The van der Waals surface area contributed by atoms with Crippen molar-refractivity contribution in [2.24, 2.45) is 0 Å². The lowest BCUT2D eigenvalue weighted by Crippen LogP contribution is -1.92. The standard InChI is InChI=1S/C11H14O.C2H6/c1-3-9-12-11-7-5-10(4-2)6-8-11;1-2/h3,5-8H,1,4,9H2,2H3;1-2H3. The largest absolute Gasteiger partial charge is 0.490 e. The van der Waals surface area contributed by atoms with Crippen molar-refractivity contribution < 1.29 is 4.74 Å². The molecule has 1 aromatic rings. The fourth-order valence-corrected chi connectivity index (χ4v) is 0.977. The molecule has 0 unspecified atom stereocenters. The Bertz CT molecular complexity index is 236. The SMILES string of the molecule is C=CCOc1ccc(CC)cc1.CC. The van der Waals surface area contributed by atoms with Crippen LogP contribution in [0, 0.1) is 0 Å². The van der Waals surface area contributed by atoms with Crippen LogP contribution in [0.25, 0.3) is 0 Å². The average Bonchev–Trinajstić information content (AvgIpc) is 2.30. The van der Waals surface area contributed by atoms with E-state index in [-0.39, 0.29) is 0 Å². The normalized spacial score (nSPS) is 8.50. The number of benzene rings is 1. The summed E-state index contributed by atoms with van der Waals surface area (Å²) in [6.07, 6.45) is 2.81. The molecule has 0 aliphatic carbocycles. The molecule has 0 radical (unpaired) electrons. The van der Waals surface area contributed by atoms with Gasteiger partial charge in [0.05, 0.1) is 0 Å². The third kappa shape index (κ3) is 4.70. The Morgan fingerprint density at radius 2 is 1.79 bits per heavy atom. The third-order valence-corrected chi connectivity index (χ3v) is 1.70. The van der Waals surface area contributed by atoms with Gasteiger partial charge in [-0.15, -0.1) is 0 Å². The maximum absolute atomic E-state index is 5.34. The van der Waals surface area contributed by atoms with Gasteiger partial charge in [-0.3, -0.25) is 0 Å². The van der Waals surface area contributed by atoms with Crippen molar-refractivity contribution in [3.63, 3.8) is 0 Å². The van der Waals surface area contributed by atoms with Crippen LogP contribution < -0.4 is 4.74 Å². The molecule has 0 amide bonds. The van der Waals surface area contributed by atoms with Crippen LogP contribution in [0.5, 0.6) is 5.75 Å². The van der Waals surface area contributed by atoms with Crippen molar-refractivity contribution in [1.29, 1.82) is 0 Å². The molecule has 1 rings (SSSR count). The van der Waals surface area contributed by atoms with Gasteiger partial charge in [0.1, 0.15) is 12.4 Å². The van der Waals surface area contributed by atoms with E-state index in [1.165, 1.54) is 5.56 Å². The van der Waals surface area contributed by atoms with Gasteiger partial charge in [-0.1, -0.05) is 45.6 Å². The van der Waals surface area contributed by atoms with Gasteiger partial charge in [-0.25, -0.2) is 0 Å². The third-order valence-electron chi connectivity index (χ3n) is 1.70. The maximum Gasteiger partial charge on any atom is 0.119 e. The van der Waals surface area contributed by atoms with Gasteiger partial charge in [-0.2, -0.15) is 0 Å². The molecule has 0 saturated carbocycles. The highest BCUT2D eigenvalue weighted by molar-refractivity contribution is 5.27. The lowest BCUT2D eigenvalue weighted by Gasteiger charge is -2.02. The summed E-state index contributed by atoms with van der Waals surface area (Å²) in [6.45, 7) is 10.3. The van der Waals surface area contributed by atoms with Crippen molar-refractivity contribution in [2.75, 3.05) is 6.61 Å². The van der Waals surface area contributed by atoms with Crippen molar-refractivity contribution in [3.05, 3.63) is 42.5 Å². The van der Waals surface area contributed by atoms with Crippen LogP contribution in [0.3, 0.4) is 0 Å². The Morgan fingerprint density at radius 1 is 1.21 bits per heavy atom. The zero-order valence-electron chi connectivity index (χ0n) is 9.42. The van der Waals surface area contributed by atoms with Crippen LogP contribution in [-0.4, -0.2) is 6.61 Å². The van der Waals surface area contributed by atoms with E-state index in [0.29, 0.717) is 6.61 Å². The highest BCUT2D eigenvalue weighted by Gasteiger charge is 1.91. The van der Waals surface area contributed by atoms with Crippen molar-refractivity contribution in [3.8, 4) is 5.75 Å². The summed E-state index contributed by atoms with van der Waals surface area (Å²) >= 11 is 0. The minimum absolute atomic E-state index is 0.575. The van der Waals surface area contributed by atoms with E-state index < -0.39 is 0 Å². The summed E-state index contributed by atoms with van der Waals surface area (Å²) in [5.41, 5.74) is 1.33. The minimum atomic E-state index is 0.575. The fourth-order valence-electron chi connectivity index (χ4n) is 0.977. The van der Waals surface area contributed by atoms with Crippen LogP contribution in [-0.2, 0) is 6.42 Å². The maximum atomic E-state index is 5.34. The Hall–Kier alpha value is -1.24. The van der Waals surface area contributed by atoms with Crippen LogP contribution in [0.4, 0.5) is 0 Å². The number of rotatable bonds is 4. The zero-order chi connectivity index (χ0) is 10.8. The molecule has 14 heavy (non-hydrogen) atoms. The fraction of sp³-hybridized carbons (Fsp3) is 0.385. The molecule has 0 heterocycles. The first kappa shape index (κ1) is 12.8. The van der Waals surface area contributed by atoms with Crippen molar-refractivity contribution in [2.45, 2.75) is 27.2 Å². The first-order chi connectivity index (χ1) is 6.86. The van der Waals surface area contributed by atoms with E-state index in [0.717, 1.165) is 12.2 Å². The van der Waals surface area contributed by atoms with Crippen LogP contribution in [0.15, 0.2) is 36.9 Å². The summed E-state index contributed by atoms with van der Waals surface area (Å²) in [6, 6.07) is 8.14. The number of aryl methyl sites for hydroxylation is 1. The topological polar surface area (TPSA) is 9.23 Å². The lowest BCUT2D eigenvalue weighted by molar-refractivity contribution is 0.363. The Kier molecular flexibility index (Phi) is 7.62. The van der Waals surface area contributed by atoms with Gasteiger partial charge in [0.15, 0.2) is 0 Å². The molecule has 1 nitrogen and oxygen atoms in total. The van der Waals surface area contributed by atoms with Crippen LogP contribution in [0.1, 0.15) is 26.3 Å². The second-order valence-electron chi connectivity index (χ2n) is 2.60. The molecule has 0 bridgehead atoms. The quantitative estimate of drug-likeness (QED) is 0.659. The summed E-state index contributed by atoms with van der Waals surface area (Å²) < 4.78 is 5.34. The van der Waals surface area contributed by atoms with Gasteiger partial charge < -0.3 is 4.74 Å². The number of hydrogen-bond acceptors (Lipinski definition) is 1. The van der Waals surface area contributed by atoms with Gasteiger partial charge in [0, 0.05) is 0 Å². The first-order valence-corrected chi connectivity index (χ1v) is 5.19. The molecule has 78 valence electrons. The molecule has 0 fully saturated rings. The summed E-state index contributed by atoms with van der Waals surface area (Å²) in [4.78, 5) is 0. The van der Waals surface area contributed by atoms with Crippen LogP contribution >= 0.6 is 0 Å². The van der Waals surface area contributed by atoms with E-state index in [2.05, 4.69) is 25.6 Å². The molecular formula is C13H20O. The lowest BCUT2D eigenvalue weighted by atomic mass is 10.2. The first-order valence-electron chi connectivity index (χ1n) is 5.19. The average molecular weight is 192 g/mol. The van der Waals surface area contributed by atoms with Gasteiger partial charge in [-0.05, 0) is 24.1 Å². The van der Waals surface area contributed by atoms with Crippen molar-refractivity contribution >= 4 is 0 Å². The summed E-state index contributed by atoms with van der Waals surface area (Å²) in [5, 5.41) is 0. The second-order valence-corrected chi connectivity index (χ2v) is 2.60. The summed E-state index contributed by atoms with van der Waals surface area (Å²) in [5.74, 6) is 0.909. The molecule has 0 N–H and O–H groups in total. The second kappa shape index (κ2) is 8.36. The molecule has 1 heteroatoms. The zero-order valence-corrected chi connectivity index (χ0v) is 9.42. The van der Waals surface area contributed by atoms with E-state index in [9.17, 15) is 0 Å². The number of hydrogen-bond donors (Lipinski definition) is 0. The van der Waals surface area contributed by atoms with Crippen molar-refractivity contribution in [1.82, 2.24) is 0 Å².